The monoisotopic (exact) mass is 423 g/mol. The van der Waals surface area contributed by atoms with Crippen LogP contribution in [0.1, 0.15) is 6.42 Å². The van der Waals surface area contributed by atoms with Crippen LogP contribution in [0.4, 0.5) is 0 Å². The van der Waals surface area contributed by atoms with Crippen molar-refractivity contribution in [2.45, 2.75) is 24.7 Å². The van der Waals surface area contributed by atoms with Crippen molar-refractivity contribution in [2.75, 3.05) is 13.2 Å². The Morgan fingerprint density at radius 1 is 1.07 bits per heavy atom. The summed E-state index contributed by atoms with van der Waals surface area (Å²) in [6, 6.07) is 14.1. The van der Waals surface area contributed by atoms with Crippen LogP contribution in [-0.4, -0.2) is 46.5 Å². The van der Waals surface area contributed by atoms with E-state index in [0.717, 1.165) is 17.5 Å². The maximum Gasteiger partial charge on any atom is 0.296 e. The molecule has 3 atom stereocenters. The number of aromatic nitrogens is 3. The molecule has 0 saturated carbocycles. The van der Waals surface area contributed by atoms with Gasteiger partial charge < -0.3 is 23.6 Å². The second kappa shape index (κ2) is 7.12. The third-order valence-corrected chi connectivity index (χ3v) is 5.82. The van der Waals surface area contributed by atoms with E-state index in [1.807, 2.05) is 36.4 Å². The summed E-state index contributed by atoms with van der Waals surface area (Å²) in [5.74, 6) is 0.581. The molecule has 0 spiro atoms. The Kier molecular flexibility index (Phi) is 4.26. The van der Waals surface area contributed by atoms with Crippen molar-refractivity contribution in [1.29, 1.82) is 0 Å². The lowest BCUT2D eigenvalue weighted by Gasteiger charge is -2.15. The van der Waals surface area contributed by atoms with Crippen LogP contribution in [0.25, 0.3) is 33.7 Å². The van der Waals surface area contributed by atoms with Crippen molar-refractivity contribution in [3.63, 3.8) is 0 Å². The summed E-state index contributed by atoms with van der Waals surface area (Å²) < 4.78 is 23.2. The highest BCUT2D eigenvalue weighted by atomic mass is 35.5. The van der Waals surface area contributed by atoms with Gasteiger partial charge in [0.2, 0.25) is 0 Å². The topological polar surface area (TPSA) is 82.4 Å². The van der Waals surface area contributed by atoms with Gasteiger partial charge in [0.15, 0.2) is 17.5 Å². The van der Waals surface area contributed by atoms with E-state index in [4.69, 9.17) is 30.2 Å². The summed E-state index contributed by atoms with van der Waals surface area (Å²) in [6.45, 7) is 1.18. The number of H-pyrrole nitrogens is 1. The molecule has 3 aromatic heterocycles. The zero-order valence-electron chi connectivity index (χ0n) is 15.9. The van der Waals surface area contributed by atoms with Gasteiger partial charge in [-0.2, -0.15) is 4.98 Å². The molecule has 1 N–H and O–H groups in total. The molecule has 30 heavy (non-hydrogen) atoms. The van der Waals surface area contributed by atoms with Gasteiger partial charge in [-0.25, -0.2) is 4.98 Å². The highest BCUT2D eigenvalue weighted by molar-refractivity contribution is 6.33. The fraction of sp³-hybridized carbons (Fsp3) is 0.273. The number of imidazole rings is 1. The van der Waals surface area contributed by atoms with E-state index in [9.17, 15) is 0 Å². The quantitative estimate of drug-likeness (QED) is 0.521. The van der Waals surface area contributed by atoms with Gasteiger partial charge in [0.1, 0.15) is 11.8 Å². The molecule has 4 aromatic rings. The lowest BCUT2D eigenvalue weighted by molar-refractivity contribution is 0.0273. The van der Waals surface area contributed by atoms with E-state index in [1.54, 1.807) is 12.3 Å². The maximum atomic E-state index is 6.49. The van der Waals surface area contributed by atoms with E-state index in [2.05, 4.69) is 15.0 Å². The van der Waals surface area contributed by atoms with Crippen LogP contribution in [0.2, 0.25) is 5.02 Å². The van der Waals surface area contributed by atoms with Gasteiger partial charge in [-0.05, 0) is 24.1 Å². The summed E-state index contributed by atoms with van der Waals surface area (Å²) in [6.07, 6.45) is 2.47. The van der Waals surface area contributed by atoms with Crippen LogP contribution in [0.3, 0.4) is 0 Å². The number of ether oxygens (including phenoxy) is 3. The number of fused-ring (bicyclic) bond motifs is 2. The molecule has 0 aliphatic carbocycles. The smallest absolute Gasteiger partial charge is 0.296 e. The highest BCUT2D eigenvalue weighted by Gasteiger charge is 2.43. The summed E-state index contributed by atoms with van der Waals surface area (Å²) in [5.41, 5.74) is 3.75. The van der Waals surface area contributed by atoms with Crippen molar-refractivity contribution < 1.29 is 18.6 Å². The highest BCUT2D eigenvalue weighted by Crippen LogP contribution is 2.34. The molecule has 2 fully saturated rings. The van der Waals surface area contributed by atoms with Crippen LogP contribution in [-0.2, 0) is 9.47 Å². The van der Waals surface area contributed by atoms with Crippen LogP contribution in [0.5, 0.6) is 6.01 Å². The number of nitrogens with one attached hydrogen (secondary N) is 1. The molecule has 0 radical (unpaired) electrons. The third kappa shape index (κ3) is 3.06. The Hall–Kier alpha value is -2.87. The van der Waals surface area contributed by atoms with Gasteiger partial charge in [0, 0.05) is 12.2 Å². The average Bonchev–Trinajstić information content (AvgIpc) is 3.53. The fourth-order valence-electron chi connectivity index (χ4n) is 4.04. The Bertz CT molecular complexity index is 1210. The molecule has 2 saturated heterocycles. The first-order valence-electron chi connectivity index (χ1n) is 9.85. The van der Waals surface area contributed by atoms with Gasteiger partial charge in [-0.15, -0.1) is 0 Å². The van der Waals surface area contributed by atoms with Crippen molar-refractivity contribution >= 4 is 22.8 Å². The number of nitrogens with zero attached hydrogens (tertiary/aromatic N) is 2. The number of hydrogen-bond acceptors (Lipinski definition) is 6. The largest absolute Gasteiger partial charge is 0.462 e. The number of furan rings is 1. The molecule has 0 amide bonds. The zero-order chi connectivity index (χ0) is 20.1. The second-order valence-electron chi connectivity index (χ2n) is 7.45. The lowest BCUT2D eigenvalue weighted by Crippen LogP contribution is -2.32. The molecular formula is C22H18ClN3O4. The first-order valence-corrected chi connectivity index (χ1v) is 10.2. The SMILES string of the molecule is Clc1cc2[nH]c(OC3CO[C@@H]4CCO[C@H]34)nc2nc1-c1cc(-c2ccccc2)co1. The standard InChI is InChI=1S/C22H18ClN3O4/c23-14-9-15-21(26-22(24-15)30-18-11-29-16-6-7-27-20(16)18)25-19(14)17-8-13(10-28-17)12-4-2-1-3-5-12/h1-5,8-10,16,18,20H,6-7,11H2,(H,24,25,26)/t16-,18?,20+/m1/s1. The minimum Gasteiger partial charge on any atom is -0.462 e. The Morgan fingerprint density at radius 3 is 2.87 bits per heavy atom. The van der Waals surface area contributed by atoms with E-state index in [1.165, 1.54) is 0 Å². The maximum absolute atomic E-state index is 6.49. The van der Waals surface area contributed by atoms with Gasteiger partial charge in [-0.1, -0.05) is 41.9 Å². The Labute approximate surface area is 176 Å². The van der Waals surface area contributed by atoms with Gasteiger partial charge in [0.25, 0.3) is 6.01 Å². The fourth-order valence-corrected chi connectivity index (χ4v) is 4.29. The molecule has 5 heterocycles. The van der Waals surface area contributed by atoms with Crippen molar-refractivity contribution in [3.8, 4) is 28.6 Å². The van der Waals surface area contributed by atoms with Crippen molar-refractivity contribution in [3.05, 3.63) is 53.8 Å². The van der Waals surface area contributed by atoms with Crippen molar-refractivity contribution in [1.82, 2.24) is 15.0 Å². The second-order valence-corrected chi connectivity index (χ2v) is 7.86. The van der Waals surface area contributed by atoms with Gasteiger partial charge in [-0.3, -0.25) is 0 Å². The van der Waals surface area contributed by atoms with Crippen molar-refractivity contribution in [2.24, 2.45) is 0 Å². The summed E-state index contributed by atoms with van der Waals surface area (Å²) in [7, 11) is 0. The number of aromatic amines is 1. The molecular weight excluding hydrogens is 406 g/mol. The Morgan fingerprint density at radius 2 is 1.97 bits per heavy atom. The predicted octanol–water partition coefficient (Wildman–Crippen LogP) is 4.47. The van der Waals surface area contributed by atoms with Gasteiger partial charge in [0.05, 0.1) is 29.5 Å². The van der Waals surface area contributed by atoms with Crippen LogP contribution in [0, 0.1) is 0 Å². The lowest BCUT2D eigenvalue weighted by atomic mass is 10.1. The molecule has 152 valence electrons. The van der Waals surface area contributed by atoms with E-state index < -0.39 is 0 Å². The molecule has 6 rings (SSSR count). The summed E-state index contributed by atoms with van der Waals surface area (Å²) in [4.78, 5) is 12.2. The third-order valence-electron chi connectivity index (χ3n) is 5.53. The van der Waals surface area contributed by atoms with E-state index in [-0.39, 0.29) is 18.3 Å². The van der Waals surface area contributed by atoms with Gasteiger partial charge >= 0.3 is 0 Å². The summed E-state index contributed by atoms with van der Waals surface area (Å²) >= 11 is 6.49. The molecule has 2 aliphatic heterocycles. The zero-order valence-corrected chi connectivity index (χ0v) is 16.6. The number of benzene rings is 1. The van der Waals surface area contributed by atoms with Crippen LogP contribution < -0.4 is 4.74 Å². The van der Waals surface area contributed by atoms with E-state index >= 15 is 0 Å². The molecule has 2 aliphatic rings. The molecule has 8 heteroatoms. The molecule has 1 aromatic carbocycles. The Balaban J connectivity index is 1.29. The molecule has 1 unspecified atom stereocenters. The normalized spacial score (nSPS) is 23.2. The predicted molar refractivity (Wildman–Crippen MR) is 111 cm³/mol. The molecule has 0 bridgehead atoms. The molecule has 7 nitrogen and oxygen atoms in total. The number of halogens is 1. The van der Waals surface area contributed by atoms with Crippen LogP contribution >= 0.6 is 11.6 Å². The first kappa shape index (κ1) is 17.9. The first-order chi connectivity index (χ1) is 14.7. The minimum absolute atomic E-state index is 0.0511. The van der Waals surface area contributed by atoms with Crippen LogP contribution in [0.15, 0.2) is 53.1 Å². The van der Waals surface area contributed by atoms with E-state index in [0.29, 0.717) is 46.9 Å². The number of pyridine rings is 1. The average molecular weight is 424 g/mol. The number of rotatable bonds is 4. The number of hydrogen-bond donors (Lipinski definition) is 1. The minimum atomic E-state index is -0.188. The summed E-state index contributed by atoms with van der Waals surface area (Å²) in [5, 5.41) is 0.468.